The molecule has 0 radical (unpaired) electrons. The molecule has 2 N–H and O–H groups in total. The van der Waals surface area contributed by atoms with Gasteiger partial charge in [-0.3, -0.25) is 9.59 Å². The lowest BCUT2D eigenvalue weighted by molar-refractivity contribution is -0.140. The van der Waals surface area contributed by atoms with E-state index in [-0.39, 0.29) is 12.5 Å². The van der Waals surface area contributed by atoms with Gasteiger partial charge >= 0.3 is 6.18 Å². The van der Waals surface area contributed by atoms with Crippen LogP contribution >= 0.6 is 0 Å². The summed E-state index contributed by atoms with van der Waals surface area (Å²) in [7, 11) is 0. The van der Waals surface area contributed by atoms with Gasteiger partial charge in [0.2, 0.25) is 11.8 Å². The van der Waals surface area contributed by atoms with E-state index in [0.717, 1.165) is 12.1 Å². The number of piperidine rings is 1. The highest BCUT2D eigenvalue weighted by molar-refractivity contribution is 5.88. The van der Waals surface area contributed by atoms with Crippen LogP contribution in [0.25, 0.3) is 0 Å². The van der Waals surface area contributed by atoms with Crippen molar-refractivity contribution in [2.75, 3.05) is 13.1 Å². The number of alkyl halides is 3. The number of halogens is 3. The van der Waals surface area contributed by atoms with Crippen LogP contribution in [0, 0.1) is 5.92 Å². The molecule has 0 aromatic heterocycles. The van der Waals surface area contributed by atoms with Gasteiger partial charge in [0, 0.05) is 13.1 Å². The number of nitrogens with zero attached hydrogens (tertiary/aromatic N) is 1. The molecule has 24 heavy (non-hydrogen) atoms. The van der Waals surface area contributed by atoms with E-state index in [9.17, 15) is 22.8 Å². The summed E-state index contributed by atoms with van der Waals surface area (Å²) in [6.45, 7) is 3.89. The zero-order valence-electron chi connectivity index (χ0n) is 13.7. The lowest BCUT2D eigenvalue weighted by Crippen LogP contribution is -2.50. The average Bonchev–Trinajstić information content (AvgIpc) is 2.53. The molecule has 1 heterocycles. The first kappa shape index (κ1) is 18.3. The molecule has 0 bridgehead atoms. The third-order valence-electron chi connectivity index (χ3n) is 4.56. The van der Waals surface area contributed by atoms with Crippen LogP contribution < -0.4 is 5.73 Å². The number of carbonyl (C=O) groups is 2. The van der Waals surface area contributed by atoms with Crippen LogP contribution in [0.4, 0.5) is 13.2 Å². The maximum Gasteiger partial charge on any atom is 0.416 e. The van der Waals surface area contributed by atoms with Gasteiger partial charge in [0.15, 0.2) is 0 Å². The minimum absolute atomic E-state index is 0.219. The zero-order chi connectivity index (χ0) is 18.1. The Morgan fingerprint density at radius 2 is 1.83 bits per heavy atom. The van der Waals surface area contributed by atoms with Crippen LogP contribution in [0.2, 0.25) is 0 Å². The van der Waals surface area contributed by atoms with Crippen LogP contribution in [-0.4, -0.2) is 29.8 Å². The van der Waals surface area contributed by atoms with Gasteiger partial charge < -0.3 is 10.6 Å². The Balaban J connectivity index is 2.26. The van der Waals surface area contributed by atoms with E-state index in [0.29, 0.717) is 24.9 Å². The standard InChI is InChI=1S/C17H21F3N2O2/c1-16(2,12-6-3-7-13(9-12)17(18,19)20)15(24)22-8-4-5-11(10-22)14(21)23/h3,6-7,9,11H,4-5,8,10H2,1-2H3,(H2,21,23). The molecule has 0 spiro atoms. The predicted octanol–water partition coefficient (Wildman–Crippen LogP) is 2.71. The molecule has 1 aliphatic rings. The van der Waals surface area contributed by atoms with Gasteiger partial charge in [0.1, 0.15) is 0 Å². The number of hydrogen-bond acceptors (Lipinski definition) is 2. The lowest BCUT2D eigenvalue weighted by atomic mass is 9.81. The van der Waals surface area contributed by atoms with Crippen LogP contribution in [0.5, 0.6) is 0 Å². The largest absolute Gasteiger partial charge is 0.416 e. The minimum atomic E-state index is -4.46. The zero-order valence-corrected chi connectivity index (χ0v) is 13.7. The fraction of sp³-hybridized carbons (Fsp3) is 0.529. The smallest absolute Gasteiger partial charge is 0.369 e. The monoisotopic (exact) mass is 342 g/mol. The third kappa shape index (κ3) is 3.71. The van der Waals surface area contributed by atoms with Gasteiger partial charge in [0.05, 0.1) is 16.9 Å². The average molecular weight is 342 g/mol. The van der Waals surface area contributed by atoms with Gasteiger partial charge in [-0.25, -0.2) is 0 Å². The number of likely N-dealkylation sites (tertiary alicyclic amines) is 1. The van der Waals surface area contributed by atoms with Gasteiger partial charge in [-0.1, -0.05) is 18.2 Å². The molecule has 132 valence electrons. The van der Waals surface area contributed by atoms with Crippen LogP contribution in [0.3, 0.4) is 0 Å². The van der Waals surface area contributed by atoms with E-state index < -0.39 is 29.0 Å². The normalized spacial score (nSPS) is 19.2. The van der Waals surface area contributed by atoms with Gasteiger partial charge in [-0.15, -0.1) is 0 Å². The number of rotatable bonds is 3. The molecule has 2 amide bonds. The second-order valence-corrected chi connectivity index (χ2v) is 6.70. The Morgan fingerprint density at radius 3 is 2.42 bits per heavy atom. The van der Waals surface area contributed by atoms with E-state index in [1.165, 1.54) is 17.0 Å². The summed E-state index contributed by atoms with van der Waals surface area (Å²) in [4.78, 5) is 25.7. The van der Waals surface area contributed by atoms with Crippen LogP contribution in [0.15, 0.2) is 24.3 Å². The van der Waals surface area contributed by atoms with Crippen molar-refractivity contribution in [2.24, 2.45) is 11.7 Å². The van der Waals surface area contributed by atoms with Gasteiger partial charge in [-0.05, 0) is 38.3 Å². The van der Waals surface area contributed by atoms with Crippen molar-refractivity contribution in [3.05, 3.63) is 35.4 Å². The van der Waals surface area contributed by atoms with Gasteiger partial charge in [0.25, 0.3) is 0 Å². The number of benzene rings is 1. The van der Waals surface area contributed by atoms with Gasteiger partial charge in [-0.2, -0.15) is 13.2 Å². The summed E-state index contributed by atoms with van der Waals surface area (Å²) < 4.78 is 38.7. The lowest BCUT2D eigenvalue weighted by Gasteiger charge is -2.37. The predicted molar refractivity (Wildman–Crippen MR) is 83.0 cm³/mol. The molecule has 4 nitrogen and oxygen atoms in total. The highest BCUT2D eigenvalue weighted by Crippen LogP contribution is 2.34. The molecule has 1 unspecified atom stereocenters. The topological polar surface area (TPSA) is 63.4 Å². The van der Waals surface area contributed by atoms with Crippen molar-refractivity contribution in [2.45, 2.75) is 38.3 Å². The molecule has 0 aliphatic carbocycles. The van der Waals surface area contributed by atoms with Crippen molar-refractivity contribution < 1.29 is 22.8 Å². The molecular weight excluding hydrogens is 321 g/mol. The Labute approximate surface area is 138 Å². The molecule has 1 aromatic rings. The Kier molecular flexibility index (Phi) is 4.92. The molecule has 2 rings (SSSR count). The van der Waals surface area contributed by atoms with E-state index in [2.05, 4.69) is 0 Å². The van der Waals surface area contributed by atoms with Crippen molar-refractivity contribution in [3.63, 3.8) is 0 Å². The summed E-state index contributed by atoms with van der Waals surface area (Å²) in [5.41, 5.74) is 3.70. The van der Waals surface area contributed by atoms with E-state index in [1.807, 2.05) is 0 Å². The summed E-state index contributed by atoms with van der Waals surface area (Å²) in [5.74, 6) is -1.16. The maximum absolute atomic E-state index is 12.9. The minimum Gasteiger partial charge on any atom is -0.369 e. The Morgan fingerprint density at radius 1 is 1.21 bits per heavy atom. The first-order valence-electron chi connectivity index (χ1n) is 7.80. The number of carbonyl (C=O) groups excluding carboxylic acids is 2. The quantitative estimate of drug-likeness (QED) is 0.918. The number of hydrogen-bond donors (Lipinski definition) is 1. The molecule has 1 atom stereocenters. The van der Waals surface area contributed by atoms with Crippen LogP contribution in [0.1, 0.15) is 37.8 Å². The Hall–Kier alpha value is -2.05. The highest BCUT2D eigenvalue weighted by atomic mass is 19.4. The summed E-state index contributed by atoms with van der Waals surface area (Å²) >= 11 is 0. The molecule has 1 aromatic carbocycles. The summed E-state index contributed by atoms with van der Waals surface area (Å²) in [6, 6.07) is 4.81. The molecule has 0 saturated carbocycles. The number of amides is 2. The van der Waals surface area contributed by atoms with E-state index in [1.54, 1.807) is 13.8 Å². The second kappa shape index (κ2) is 6.45. The fourth-order valence-electron chi connectivity index (χ4n) is 3.00. The second-order valence-electron chi connectivity index (χ2n) is 6.70. The molecule has 1 saturated heterocycles. The van der Waals surface area contributed by atoms with Crippen molar-refractivity contribution in [1.82, 2.24) is 4.90 Å². The first-order chi connectivity index (χ1) is 11.0. The van der Waals surface area contributed by atoms with Crippen molar-refractivity contribution >= 4 is 11.8 Å². The highest BCUT2D eigenvalue weighted by Gasteiger charge is 2.38. The first-order valence-corrected chi connectivity index (χ1v) is 7.80. The molecule has 1 fully saturated rings. The summed E-state index contributed by atoms with van der Waals surface area (Å²) in [5, 5.41) is 0. The maximum atomic E-state index is 12.9. The number of nitrogens with two attached hydrogens (primary N) is 1. The molecular formula is C17H21F3N2O2. The van der Waals surface area contributed by atoms with Crippen molar-refractivity contribution in [3.8, 4) is 0 Å². The van der Waals surface area contributed by atoms with Crippen molar-refractivity contribution in [1.29, 1.82) is 0 Å². The summed E-state index contributed by atoms with van der Waals surface area (Å²) in [6.07, 6.45) is -3.18. The fourth-order valence-corrected chi connectivity index (χ4v) is 3.00. The van der Waals surface area contributed by atoms with Crippen LogP contribution in [-0.2, 0) is 21.2 Å². The molecule has 7 heteroatoms. The molecule has 1 aliphatic heterocycles. The Bertz CT molecular complexity index is 641. The van der Waals surface area contributed by atoms with E-state index >= 15 is 0 Å². The number of primary amides is 1. The third-order valence-corrected chi connectivity index (χ3v) is 4.56. The van der Waals surface area contributed by atoms with E-state index in [4.69, 9.17) is 5.73 Å². The SMILES string of the molecule is CC(C)(C(=O)N1CCCC(C(N)=O)C1)c1cccc(C(F)(F)F)c1.